The third-order valence-corrected chi connectivity index (χ3v) is 6.08. The van der Waals surface area contributed by atoms with Crippen molar-refractivity contribution in [2.45, 2.75) is 50.6 Å². The fraction of sp³-hybridized carbons (Fsp3) is 0.600. The van der Waals surface area contributed by atoms with E-state index in [9.17, 15) is 12.8 Å². The highest BCUT2D eigenvalue weighted by molar-refractivity contribution is 7.89. The van der Waals surface area contributed by atoms with E-state index in [4.69, 9.17) is 5.73 Å². The maximum absolute atomic E-state index is 13.9. The molecule has 1 saturated carbocycles. The molecular weight excluding hydrogens is 291 g/mol. The molecule has 3 atom stereocenters. The van der Waals surface area contributed by atoms with Crippen LogP contribution in [0, 0.1) is 17.7 Å². The van der Waals surface area contributed by atoms with Gasteiger partial charge in [0.25, 0.3) is 0 Å². The van der Waals surface area contributed by atoms with E-state index in [0.29, 0.717) is 11.5 Å². The van der Waals surface area contributed by atoms with Crippen molar-refractivity contribution < 1.29 is 12.8 Å². The van der Waals surface area contributed by atoms with E-state index in [2.05, 4.69) is 18.6 Å². The van der Waals surface area contributed by atoms with Crippen molar-refractivity contribution >= 4 is 10.0 Å². The fourth-order valence-electron chi connectivity index (χ4n) is 3.13. The first kappa shape index (κ1) is 16.4. The molecule has 3 unspecified atom stereocenters. The lowest BCUT2D eigenvalue weighted by Crippen LogP contribution is -2.37. The second-order valence-corrected chi connectivity index (χ2v) is 7.48. The Bertz CT molecular complexity index is 604. The smallest absolute Gasteiger partial charge is 0.243 e. The molecule has 1 fully saturated rings. The molecule has 1 aliphatic carbocycles. The molecule has 0 heterocycles. The van der Waals surface area contributed by atoms with Crippen LogP contribution in [-0.4, -0.2) is 14.5 Å². The highest BCUT2D eigenvalue weighted by atomic mass is 32.2. The number of sulfonamides is 1. The molecule has 0 spiro atoms. The van der Waals surface area contributed by atoms with E-state index >= 15 is 0 Å². The molecule has 1 aliphatic rings. The Hall–Kier alpha value is -0.980. The molecule has 21 heavy (non-hydrogen) atoms. The number of nitrogens with two attached hydrogens (primary N) is 1. The molecule has 6 heteroatoms. The number of benzene rings is 1. The standard InChI is InChI=1S/C15H23FN2O2S/c1-3-12-5-7-14(10(12)2)18-21(19,20)15-8-11(9-17)4-6-13(15)16/h4,6,8,10,12,14,18H,3,5,7,9,17H2,1-2H3. The summed E-state index contributed by atoms with van der Waals surface area (Å²) in [6.07, 6.45) is 2.85. The van der Waals surface area contributed by atoms with Crippen LogP contribution < -0.4 is 10.5 Å². The summed E-state index contributed by atoms with van der Waals surface area (Å²) < 4.78 is 41.4. The van der Waals surface area contributed by atoms with E-state index in [0.717, 1.165) is 25.3 Å². The van der Waals surface area contributed by atoms with Gasteiger partial charge in [-0.25, -0.2) is 17.5 Å². The number of rotatable bonds is 5. The van der Waals surface area contributed by atoms with Crippen molar-refractivity contribution in [3.8, 4) is 0 Å². The highest BCUT2D eigenvalue weighted by Gasteiger charge is 2.35. The van der Waals surface area contributed by atoms with Crippen LogP contribution in [0.4, 0.5) is 4.39 Å². The molecule has 3 N–H and O–H groups in total. The first-order chi connectivity index (χ1) is 9.89. The number of nitrogens with one attached hydrogen (secondary N) is 1. The van der Waals surface area contributed by atoms with Crippen LogP contribution in [0.25, 0.3) is 0 Å². The van der Waals surface area contributed by atoms with Crippen LogP contribution >= 0.6 is 0 Å². The number of hydrogen-bond donors (Lipinski definition) is 2. The molecule has 118 valence electrons. The molecule has 0 saturated heterocycles. The third kappa shape index (κ3) is 3.44. The lowest BCUT2D eigenvalue weighted by atomic mass is 9.94. The largest absolute Gasteiger partial charge is 0.326 e. The summed E-state index contributed by atoms with van der Waals surface area (Å²) >= 11 is 0. The zero-order valence-electron chi connectivity index (χ0n) is 12.5. The Balaban J connectivity index is 2.23. The van der Waals surface area contributed by atoms with Crippen LogP contribution in [0.2, 0.25) is 0 Å². The van der Waals surface area contributed by atoms with Gasteiger partial charge in [0.1, 0.15) is 10.7 Å². The van der Waals surface area contributed by atoms with Crippen LogP contribution in [0.15, 0.2) is 23.1 Å². The monoisotopic (exact) mass is 314 g/mol. The summed E-state index contributed by atoms with van der Waals surface area (Å²) in [6, 6.07) is 3.85. The lowest BCUT2D eigenvalue weighted by molar-refractivity contribution is 0.368. The molecule has 0 bridgehead atoms. The maximum atomic E-state index is 13.9. The average molecular weight is 314 g/mol. The van der Waals surface area contributed by atoms with E-state index in [1.54, 1.807) is 0 Å². The topological polar surface area (TPSA) is 72.2 Å². The van der Waals surface area contributed by atoms with Gasteiger partial charge in [-0.1, -0.05) is 26.3 Å². The van der Waals surface area contributed by atoms with Crippen molar-refractivity contribution in [1.82, 2.24) is 4.72 Å². The maximum Gasteiger partial charge on any atom is 0.243 e. The minimum atomic E-state index is -3.85. The van der Waals surface area contributed by atoms with Gasteiger partial charge in [0.05, 0.1) is 0 Å². The molecule has 0 amide bonds. The zero-order valence-corrected chi connectivity index (χ0v) is 13.3. The average Bonchev–Trinajstić information content (AvgIpc) is 2.79. The van der Waals surface area contributed by atoms with Crippen LogP contribution in [-0.2, 0) is 16.6 Å². The summed E-state index contributed by atoms with van der Waals surface area (Å²) in [6.45, 7) is 4.35. The summed E-state index contributed by atoms with van der Waals surface area (Å²) in [7, 11) is -3.85. The molecule has 2 rings (SSSR count). The minimum absolute atomic E-state index is 0.124. The minimum Gasteiger partial charge on any atom is -0.326 e. The van der Waals surface area contributed by atoms with Gasteiger partial charge in [0, 0.05) is 12.6 Å². The second-order valence-electron chi connectivity index (χ2n) is 5.80. The van der Waals surface area contributed by atoms with Crippen molar-refractivity contribution in [3.63, 3.8) is 0 Å². The van der Waals surface area contributed by atoms with E-state index in [-0.39, 0.29) is 23.4 Å². The Morgan fingerprint density at radius 3 is 2.67 bits per heavy atom. The Morgan fingerprint density at radius 1 is 1.38 bits per heavy atom. The summed E-state index contributed by atoms with van der Waals surface area (Å²) in [5.41, 5.74) is 6.10. The first-order valence-corrected chi connectivity index (χ1v) is 8.88. The Labute approximate surface area is 126 Å². The Kier molecular flexibility index (Phi) is 5.01. The second kappa shape index (κ2) is 6.42. The van der Waals surface area contributed by atoms with Crippen molar-refractivity contribution in [1.29, 1.82) is 0 Å². The van der Waals surface area contributed by atoms with Crippen molar-refractivity contribution in [2.24, 2.45) is 17.6 Å². The molecule has 0 aromatic heterocycles. The van der Waals surface area contributed by atoms with Gasteiger partial charge >= 0.3 is 0 Å². The summed E-state index contributed by atoms with van der Waals surface area (Å²) in [5.74, 6) is 0.0563. The molecule has 0 radical (unpaired) electrons. The number of halogens is 1. The summed E-state index contributed by atoms with van der Waals surface area (Å²) in [4.78, 5) is -0.308. The molecular formula is C15H23FN2O2S. The van der Waals surface area contributed by atoms with E-state index in [1.165, 1.54) is 12.1 Å². The Morgan fingerprint density at radius 2 is 2.10 bits per heavy atom. The molecule has 4 nitrogen and oxygen atoms in total. The van der Waals surface area contributed by atoms with Gasteiger partial charge in [-0.05, 0) is 42.4 Å². The van der Waals surface area contributed by atoms with Gasteiger partial charge in [0.2, 0.25) is 10.0 Å². The normalized spacial score (nSPS) is 26.2. The van der Waals surface area contributed by atoms with Crippen LogP contribution in [0.3, 0.4) is 0 Å². The van der Waals surface area contributed by atoms with E-state index < -0.39 is 15.8 Å². The van der Waals surface area contributed by atoms with Crippen molar-refractivity contribution in [3.05, 3.63) is 29.6 Å². The zero-order chi connectivity index (χ0) is 15.6. The first-order valence-electron chi connectivity index (χ1n) is 7.39. The lowest BCUT2D eigenvalue weighted by Gasteiger charge is -2.21. The SMILES string of the molecule is CCC1CCC(NS(=O)(=O)c2cc(CN)ccc2F)C1C. The molecule has 1 aromatic carbocycles. The third-order valence-electron chi connectivity index (χ3n) is 4.58. The van der Waals surface area contributed by atoms with Crippen molar-refractivity contribution in [2.75, 3.05) is 0 Å². The summed E-state index contributed by atoms with van der Waals surface area (Å²) in [5, 5.41) is 0. The highest BCUT2D eigenvalue weighted by Crippen LogP contribution is 2.34. The van der Waals surface area contributed by atoms with Gasteiger partial charge in [-0.3, -0.25) is 0 Å². The fourth-order valence-corrected chi connectivity index (χ4v) is 4.62. The van der Waals surface area contributed by atoms with Gasteiger partial charge in [-0.15, -0.1) is 0 Å². The molecule has 1 aromatic rings. The van der Waals surface area contributed by atoms with Gasteiger partial charge in [-0.2, -0.15) is 0 Å². The number of hydrogen-bond acceptors (Lipinski definition) is 3. The van der Waals surface area contributed by atoms with Crippen LogP contribution in [0.1, 0.15) is 38.7 Å². The van der Waals surface area contributed by atoms with Gasteiger partial charge < -0.3 is 5.73 Å². The predicted octanol–water partition coefficient (Wildman–Crippen LogP) is 2.39. The quantitative estimate of drug-likeness (QED) is 0.876. The van der Waals surface area contributed by atoms with E-state index in [1.807, 2.05) is 0 Å². The predicted molar refractivity (Wildman–Crippen MR) is 80.6 cm³/mol. The van der Waals surface area contributed by atoms with Gasteiger partial charge in [0.15, 0.2) is 0 Å². The van der Waals surface area contributed by atoms with Crippen LogP contribution in [0.5, 0.6) is 0 Å². The molecule has 0 aliphatic heterocycles.